The molecule has 3 aromatic rings. The van der Waals surface area contributed by atoms with Crippen molar-refractivity contribution in [2.24, 2.45) is 0 Å². The molecular weight excluding hydrogens is 294 g/mol. The zero-order valence-electron chi connectivity index (χ0n) is 12.8. The number of carbonyl (C=O) groups is 1. The molecule has 0 aliphatic heterocycles. The summed E-state index contributed by atoms with van der Waals surface area (Å²) in [5.41, 5.74) is 15.2. The standard InChI is InChI=1S/C15H17N7O/c1-8-3-4-10(5-12(8)19-9(2)23)20-14-6-11(16)15-18-7-13(17)22(15)21-14/h3-7H,16-17H2,1-2H3,(H,19,23)(H,20,21). The molecule has 0 atom stereocenters. The predicted octanol–water partition coefficient (Wildman–Crippen LogP) is 1.90. The molecule has 0 bridgehead atoms. The number of nitrogens with one attached hydrogen (secondary N) is 2. The predicted molar refractivity (Wildman–Crippen MR) is 90.6 cm³/mol. The molecule has 1 amide bonds. The van der Waals surface area contributed by atoms with Crippen LogP contribution in [-0.2, 0) is 4.79 Å². The molecule has 0 unspecified atom stereocenters. The van der Waals surface area contributed by atoms with E-state index in [1.165, 1.54) is 17.6 Å². The summed E-state index contributed by atoms with van der Waals surface area (Å²) in [6.07, 6.45) is 1.50. The van der Waals surface area contributed by atoms with Crippen LogP contribution in [0.3, 0.4) is 0 Å². The molecule has 6 N–H and O–H groups in total. The van der Waals surface area contributed by atoms with Crippen LogP contribution in [0, 0.1) is 6.92 Å². The molecule has 8 nitrogen and oxygen atoms in total. The Labute approximate surface area is 132 Å². The number of aromatic nitrogens is 3. The summed E-state index contributed by atoms with van der Waals surface area (Å²) >= 11 is 0. The maximum absolute atomic E-state index is 11.2. The van der Waals surface area contributed by atoms with E-state index < -0.39 is 0 Å². The Morgan fingerprint density at radius 2 is 2.04 bits per heavy atom. The smallest absolute Gasteiger partial charge is 0.221 e. The Morgan fingerprint density at radius 1 is 1.26 bits per heavy atom. The maximum atomic E-state index is 11.2. The van der Waals surface area contributed by atoms with Gasteiger partial charge in [-0.3, -0.25) is 4.79 Å². The van der Waals surface area contributed by atoms with E-state index in [2.05, 4.69) is 20.7 Å². The fourth-order valence-electron chi connectivity index (χ4n) is 2.24. The minimum atomic E-state index is -0.125. The molecular formula is C15H17N7O. The van der Waals surface area contributed by atoms with Crippen molar-refractivity contribution in [1.82, 2.24) is 14.6 Å². The number of amides is 1. The van der Waals surface area contributed by atoms with Gasteiger partial charge in [-0.2, -0.15) is 4.52 Å². The van der Waals surface area contributed by atoms with Gasteiger partial charge in [-0.25, -0.2) is 4.98 Å². The molecule has 23 heavy (non-hydrogen) atoms. The summed E-state index contributed by atoms with van der Waals surface area (Å²) in [6.45, 7) is 3.39. The molecule has 118 valence electrons. The third-order valence-corrected chi connectivity index (χ3v) is 3.34. The van der Waals surface area contributed by atoms with Crippen LogP contribution in [0.15, 0.2) is 30.5 Å². The summed E-state index contributed by atoms with van der Waals surface area (Å²) in [5.74, 6) is 0.802. The van der Waals surface area contributed by atoms with Crippen molar-refractivity contribution in [1.29, 1.82) is 0 Å². The van der Waals surface area contributed by atoms with E-state index in [0.29, 0.717) is 23.0 Å². The second-order valence-corrected chi connectivity index (χ2v) is 5.24. The van der Waals surface area contributed by atoms with Gasteiger partial charge in [0.15, 0.2) is 11.5 Å². The van der Waals surface area contributed by atoms with Crippen molar-refractivity contribution in [3.05, 3.63) is 36.0 Å². The van der Waals surface area contributed by atoms with Crippen LogP contribution in [0.4, 0.5) is 28.7 Å². The van der Waals surface area contributed by atoms with Crippen molar-refractivity contribution in [2.45, 2.75) is 13.8 Å². The Morgan fingerprint density at radius 3 is 2.78 bits per heavy atom. The molecule has 0 aliphatic carbocycles. The summed E-state index contributed by atoms with van der Waals surface area (Å²) in [5, 5.41) is 10.3. The third-order valence-electron chi connectivity index (χ3n) is 3.34. The highest BCUT2D eigenvalue weighted by Gasteiger charge is 2.09. The van der Waals surface area contributed by atoms with Gasteiger partial charge in [0.05, 0.1) is 11.9 Å². The lowest BCUT2D eigenvalue weighted by Crippen LogP contribution is -2.08. The van der Waals surface area contributed by atoms with Crippen molar-refractivity contribution in [2.75, 3.05) is 22.1 Å². The Kier molecular flexibility index (Phi) is 3.49. The van der Waals surface area contributed by atoms with Crippen LogP contribution < -0.4 is 22.1 Å². The van der Waals surface area contributed by atoms with Crippen molar-refractivity contribution in [3.8, 4) is 0 Å². The minimum Gasteiger partial charge on any atom is -0.396 e. The molecule has 8 heteroatoms. The molecule has 0 saturated carbocycles. The first kappa shape index (κ1) is 14.6. The lowest BCUT2D eigenvalue weighted by atomic mass is 10.1. The van der Waals surface area contributed by atoms with E-state index in [4.69, 9.17) is 11.5 Å². The second kappa shape index (κ2) is 5.48. The van der Waals surface area contributed by atoms with E-state index in [-0.39, 0.29) is 5.91 Å². The molecule has 3 rings (SSSR count). The summed E-state index contributed by atoms with van der Waals surface area (Å²) in [7, 11) is 0. The largest absolute Gasteiger partial charge is 0.396 e. The number of rotatable bonds is 3. The zero-order chi connectivity index (χ0) is 16.6. The topological polar surface area (TPSA) is 123 Å². The van der Waals surface area contributed by atoms with Crippen LogP contribution in [0.25, 0.3) is 5.65 Å². The number of benzene rings is 1. The number of nitrogens with two attached hydrogens (primary N) is 2. The number of imidazole rings is 1. The molecule has 0 aliphatic rings. The van der Waals surface area contributed by atoms with Gasteiger partial charge in [-0.15, -0.1) is 5.10 Å². The maximum Gasteiger partial charge on any atom is 0.221 e. The van der Waals surface area contributed by atoms with E-state index in [0.717, 1.165) is 16.9 Å². The first-order chi connectivity index (χ1) is 10.9. The molecule has 0 spiro atoms. The average Bonchev–Trinajstić information content (AvgIpc) is 2.84. The monoisotopic (exact) mass is 311 g/mol. The van der Waals surface area contributed by atoms with Crippen LogP contribution >= 0.6 is 0 Å². The van der Waals surface area contributed by atoms with E-state index in [9.17, 15) is 4.79 Å². The lowest BCUT2D eigenvalue weighted by Gasteiger charge is -2.11. The molecule has 0 radical (unpaired) electrons. The summed E-state index contributed by atoms with van der Waals surface area (Å²) in [4.78, 5) is 15.3. The number of anilines is 5. The van der Waals surface area contributed by atoms with E-state index >= 15 is 0 Å². The second-order valence-electron chi connectivity index (χ2n) is 5.24. The van der Waals surface area contributed by atoms with Gasteiger partial charge in [0.2, 0.25) is 5.91 Å². The fourth-order valence-corrected chi connectivity index (χ4v) is 2.24. The highest BCUT2D eigenvalue weighted by Crippen LogP contribution is 2.24. The number of hydrogen-bond donors (Lipinski definition) is 4. The van der Waals surface area contributed by atoms with Crippen molar-refractivity contribution in [3.63, 3.8) is 0 Å². The number of hydrogen-bond acceptors (Lipinski definition) is 6. The SMILES string of the molecule is CC(=O)Nc1cc(Nc2cc(N)c3ncc(N)n3n2)ccc1C. The van der Waals surface area contributed by atoms with E-state index in [1.807, 2.05) is 25.1 Å². The van der Waals surface area contributed by atoms with E-state index in [1.54, 1.807) is 6.07 Å². The lowest BCUT2D eigenvalue weighted by molar-refractivity contribution is -0.114. The average molecular weight is 311 g/mol. The van der Waals surface area contributed by atoms with Gasteiger partial charge < -0.3 is 22.1 Å². The summed E-state index contributed by atoms with van der Waals surface area (Å²) < 4.78 is 1.47. The molecule has 1 aromatic carbocycles. The van der Waals surface area contributed by atoms with Crippen LogP contribution in [0.2, 0.25) is 0 Å². The third kappa shape index (κ3) is 2.86. The van der Waals surface area contributed by atoms with Crippen LogP contribution in [-0.4, -0.2) is 20.5 Å². The molecule has 0 fully saturated rings. The normalized spacial score (nSPS) is 10.7. The van der Waals surface area contributed by atoms with Gasteiger partial charge in [0.1, 0.15) is 5.82 Å². The van der Waals surface area contributed by atoms with Gasteiger partial charge in [-0.1, -0.05) is 6.07 Å². The van der Waals surface area contributed by atoms with Crippen LogP contribution in [0.1, 0.15) is 12.5 Å². The van der Waals surface area contributed by atoms with Crippen molar-refractivity contribution >= 4 is 40.3 Å². The number of nitrogens with zero attached hydrogens (tertiary/aromatic N) is 3. The fraction of sp³-hybridized carbons (Fsp3) is 0.133. The Bertz CT molecular complexity index is 900. The Balaban J connectivity index is 1.95. The zero-order valence-corrected chi connectivity index (χ0v) is 12.8. The van der Waals surface area contributed by atoms with Gasteiger partial charge in [0.25, 0.3) is 0 Å². The highest BCUT2D eigenvalue weighted by molar-refractivity contribution is 5.90. The molecule has 0 saturated heterocycles. The first-order valence-corrected chi connectivity index (χ1v) is 6.99. The minimum absolute atomic E-state index is 0.125. The number of aryl methyl sites for hydroxylation is 1. The number of nitrogen functional groups attached to an aromatic ring is 2. The summed E-state index contributed by atoms with van der Waals surface area (Å²) in [6, 6.07) is 7.30. The highest BCUT2D eigenvalue weighted by atomic mass is 16.1. The Hall–Kier alpha value is -3.29. The molecule has 2 aromatic heterocycles. The van der Waals surface area contributed by atoms with Crippen LogP contribution in [0.5, 0.6) is 0 Å². The van der Waals surface area contributed by atoms with Gasteiger partial charge >= 0.3 is 0 Å². The number of carbonyl (C=O) groups excluding carboxylic acids is 1. The van der Waals surface area contributed by atoms with Gasteiger partial charge in [-0.05, 0) is 24.6 Å². The first-order valence-electron chi connectivity index (χ1n) is 6.99. The van der Waals surface area contributed by atoms with Crippen molar-refractivity contribution < 1.29 is 4.79 Å². The quantitative estimate of drug-likeness (QED) is 0.586. The van der Waals surface area contributed by atoms with Gasteiger partial charge in [0, 0.05) is 24.4 Å². The molecule has 2 heterocycles. The number of fused-ring (bicyclic) bond motifs is 1.